The lowest BCUT2D eigenvalue weighted by atomic mass is 10.1. The molecule has 6 nitrogen and oxygen atoms in total. The number of halogens is 1. The van der Waals surface area contributed by atoms with Crippen molar-refractivity contribution in [2.45, 2.75) is 57.2 Å². The molecule has 2 fully saturated rings. The molecule has 0 aromatic heterocycles. The van der Waals surface area contributed by atoms with Crippen molar-refractivity contribution in [3.05, 3.63) is 35.4 Å². The second-order valence-corrected chi connectivity index (χ2v) is 7.10. The number of carbonyl (C=O) groups is 1. The number of aliphatic imine (C=N–C) groups is 1. The van der Waals surface area contributed by atoms with E-state index in [0.717, 1.165) is 31.0 Å². The maximum Gasteiger partial charge on any atom is 0.251 e. The molecule has 1 aromatic carbocycles. The summed E-state index contributed by atoms with van der Waals surface area (Å²) in [7, 11) is 1.79. The average molecular weight is 486 g/mol. The molecule has 7 heteroatoms. The Morgan fingerprint density at radius 3 is 2.70 bits per heavy atom. The minimum absolute atomic E-state index is 0. The normalized spacial score (nSPS) is 20.2. The van der Waals surface area contributed by atoms with Gasteiger partial charge in [0.1, 0.15) is 0 Å². The minimum Gasteiger partial charge on any atom is -0.376 e. The average Bonchev–Trinajstić information content (AvgIpc) is 3.37. The Balaban J connectivity index is 0.00000261. The summed E-state index contributed by atoms with van der Waals surface area (Å²) in [6, 6.07) is 8.24. The molecule has 1 aliphatic carbocycles. The van der Waals surface area contributed by atoms with Crippen molar-refractivity contribution in [3.63, 3.8) is 0 Å². The fourth-order valence-electron chi connectivity index (χ4n) is 3.58. The lowest BCUT2D eigenvalue weighted by molar-refractivity contribution is 0.0857. The molecule has 1 atom stereocenters. The third kappa shape index (κ3) is 6.95. The zero-order valence-electron chi connectivity index (χ0n) is 16.0. The van der Waals surface area contributed by atoms with Crippen LogP contribution in [0.4, 0.5) is 0 Å². The number of nitrogens with one attached hydrogen (secondary N) is 3. The smallest absolute Gasteiger partial charge is 0.251 e. The van der Waals surface area contributed by atoms with Crippen LogP contribution in [0.5, 0.6) is 0 Å². The van der Waals surface area contributed by atoms with Gasteiger partial charge in [0, 0.05) is 38.3 Å². The van der Waals surface area contributed by atoms with E-state index in [2.05, 4.69) is 20.9 Å². The van der Waals surface area contributed by atoms with Gasteiger partial charge in [0.2, 0.25) is 0 Å². The molecule has 0 bridgehead atoms. The number of benzene rings is 1. The molecule has 1 amide bonds. The van der Waals surface area contributed by atoms with Crippen molar-refractivity contribution >= 4 is 35.8 Å². The van der Waals surface area contributed by atoms with Gasteiger partial charge in [-0.1, -0.05) is 25.0 Å². The first-order valence-corrected chi connectivity index (χ1v) is 9.70. The van der Waals surface area contributed by atoms with E-state index in [1.807, 2.05) is 24.3 Å². The maximum atomic E-state index is 12.4. The zero-order valence-corrected chi connectivity index (χ0v) is 18.3. The first-order chi connectivity index (χ1) is 12.7. The van der Waals surface area contributed by atoms with Crippen LogP contribution in [-0.2, 0) is 11.3 Å². The fraction of sp³-hybridized carbons (Fsp3) is 0.600. The van der Waals surface area contributed by atoms with Crippen molar-refractivity contribution < 1.29 is 9.53 Å². The summed E-state index contributed by atoms with van der Waals surface area (Å²) in [6.45, 7) is 2.02. The number of guanidine groups is 1. The topological polar surface area (TPSA) is 74.8 Å². The van der Waals surface area contributed by atoms with E-state index in [1.165, 1.54) is 25.7 Å². The molecule has 1 aromatic rings. The van der Waals surface area contributed by atoms with Crippen LogP contribution in [0.25, 0.3) is 0 Å². The van der Waals surface area contributed by atoms with E-state index in [-0.39, 0.29) is 36.0 Å². The second kappa shape index (κ2) is 11.5. The summed E-state index contributed by atoms with van der Waals surface area (Å²) >= 11 is 0. The maximum absolute atomic E-state index is 12.4. The molecular formula is C20H31IN4O2. The van der Waals surface area contributed by atoms with E-state index in [9.17, 15) is 4.79 Å². The summed E-state index contributed by atoms with van der Waals surface area (Å²) in [5, 5.41) is 9.79. The van der Waals surface area contributed by atoms with Crippen molar-refractivity contribution in [3.8, 4) is 0 Å². The standard InChI is InChI=1S/C20H30N4O2.HI/c1-21-20(24-17-8-2-3-9-17)23-13-15-6-4-7-16(12-15)19(25)22-14-18-10-5-11-26-18;/h4,6-7,12,17-18H,2-3,5,8-11,13-14H2,1H3,(H,22,25)(H2,21,23,24);1H. The highest BCUT2D eigenvalue weighted by Crippen LogP contribution is 2.17. The third-order valence-electron chi connectivity index (χ3n) is 5.08. The fourth-order valence-corrected chi connectivity index (χ4v) is 3.58. The predicted octanol–water partition coefficient (Wildman–Crippen LogP) is 2.82. The molecule has 1 heterocycles. The lowest BCUT2D eigenvalue weighted by Crippen LogP contribution is -2.41. The number of rotatable bonds is 6. The first-order valence-electron chi connectivity index (χ1n) is 9.70. The van der Waals surface area contributed by atoms with E-state index in [1.54, 1.807) is 7.05 Å². The number of hydrogen-bond donors (Lipinski definition) is 3. The number of carbonyl (C=O) groups excluding carboxylic acids is 1. The van der Waals surface area contributed by atoms with Crippen molar-refractivity contribution in [2.75, 3.05) is 20.2 Å². The Kier molecular flexibility index (Phi) is 9.33. The van der Waals surface area contributed by atoms with Gasteiger partial charge < -0.3 is 20.7 Å². The molecule has 1 saturated heterocycles. The molecule has 3 N–H and O–H groups in total. The van der Waals surface area contributed by atoms with Crippen LogP contribution in [0, 0.1) is 0 Å². The molecule has 1 aliphatic heterocycles. The van der Waals surface area contributed by atoms with Gasteiger partial charge in [0.25, 0.3) is 5.91 Å². The van der Waals surface area contributed by atoms with Crippen molar-refractivity contribution in [1.29, 1.82) is 0 Å². The highest BCUT2D eigenvalue weighted by molar-refractivity contribution is 14.0. The lowest BCUT2D eigenvalue weighted by Gasteiger charge is -2.17. The zero-order chi connectivity index (χ0) is 18.2. The molecule has 2 aliphatic rings. The molecule has 1 saturated carbocycles. The van der Waals surface area contributed by atoms with E-state index < -0.39 is 0 Å². The van der Waals surface area contributed by atoms with Crippen molar-refractivity contribution in [1.82, 2.24) is 16.0 Å². The Morgan fingerprint density at radius 1 is 1.19 bits per heavy atom. The summed E-state index contributed by atoms with van der Waals surface area (Å²) in [5.74, 6) is 0.779. The number of nitrogens with zero attached hydrogens (tertiary/aromatic N) is 1. The van der Waals surface area contributed by atoms with Gasteiger partial charge in [-0.05, 0) is 43.4 Å². The van der Waals surface area contributed by atoms with Gasteiger partial charge in [-0.2, -0.15) is 0 Å². The molecule has 150 valence electrons. The Bertz CT molecular complexity index is 626. The molecule has 0 radical (unpaired) electrons. The van der Waals surface area contributed by atoms with Crippen molar-refractivity contribution in [2.24, 2.45) is 4.99 Å². The Labute approximate surface area is 178 Å². The van der Waals surface area contributed by atoms with Crippen LogP contribution in [-0.4, -0.2) is 44.2 Å². The predicted molar refractivity (Wildman–Crippen MR) is 119 cm³/mol. The molecule has 0 spiro atoms. The highest BCUT2D eigenvalue weighted by atomic mass is 127. The van der Waals surface area contributed by atoms with Crippen LogP contribution >= 0.6 is 24.0 Å². The number of hydrogen-bond acceptors (Lipinski definition) is 3. The Hall–Kier alpha value is -1.35. The molecule has 3 rings (SSSR count). The second-order valence-electron chi connectivity index (χ2n) is 7.10. The van der Waals surface area contributed by atoms with Gasteiger partial charge >= 0.3 is 0 Å². The molecule has 1 unspecified atom stereocenters. The van der Waals surface area contributed by atoms with Gasteiger partial charge in [-0.25, -0.2) is 0 Å². The minimum atomic E-state index is -0.0455. The summed E-state index contributed by atoms with van der Waals surface area (Å²) in [6.07, 6.45) is 7.26. The number of ether oxygens (including phenoxy) is 1. The number of amides is 1. The molecule has 27 heavy (non-hydrogen) atoms. The van der Waals surface area contributed by atoms with Crippen LogP contribution < -0.4 is 16.0 Å². The van der Waals surface area contributed by atoms with Gasteiger partial charge in [0.15, 0.2) is 5.96 Å². The van der Waals surface area contributed by atoms with Gasteiger partial charge in [-0.3, -0.25) is 9.79 Å². The van der Waals surface area contributed by atoms with Gasteiger partial charge in [0.05, 0.1) is 6.10 Å². The third-order valence-corrected chi connectivity index (χ3v) is 5.08. The SMILES string of the molecule is CN=C(NCc1cccc(C(=O)NCC2CCCO2)c1)NC1CCCC1.I. The van der Waals surface area contributed by atoms with E-state index >= 15 is 0 Å². The summed E-state index contributed by atoms with van der Waals surface area (Å²) < 4.78 is 5.55. The Morgan fingerprint density at radius 2 is 2.00 bits per heavy atom. The van der Waals surface area contributed by atoms with Crippen LogP contribution in [0.15, 0.2) is 29.3 Å². The molecular weight excluding hydrogens is 455 g/mol. The van der Waals surface area contributed by atoms with Crippen LogP contribution in [0.2, 0.25) is 0 Å². The summed E-state index contributed by atoms with van der Waals surface area (Å²) in [4.78, 5) is 16.7. The van der Waals surface area contributed by atoms with E-state index in [4.69, 9.17) is 4.74 Å². The summed E-state index contributed by atoms with van der Waals surface area (Å²) in [5.41, 5.74) is 1.74. The monoisotopic (exact) mass is 486 g/mol. The van der Waals surface area contributed by atoms with Crippen LogP contribution in [0.1, 0.15) is 54.4 Å². The van der Waals surface area contributed by atoms with Gasteiger partial charge in [-0.15, -0.1) is 24.0 Å². The highest BCUT2D eigenvalue weighted by Gasteiger charge is 2.17. The quantitative estimate of drug-likeness (QED) is 0.329. The van der Waals surface area contributed by atoms with E-state index in [0.29, 0.717) is 24.7 Å². The first kappa shape index (κ1) is 21.9. The largest absolute Gasteiger partial charge is 0.376 e. The van der Waals surface area contributed by atoms with Crippen LogP contribution in [0.3, 0.4) is 0 Å².